The molecule has 9 heteroatoms. The van der Waals surface area contributed by atoms with Gasteiger partial charge in [-0.25, -0.2) is 4.68 Å². The van der Waals surface area contributed by atoms with Crippen molar-refractivity contribution in [2.24, 2.45) is 0 Å². The van der Waals surface area contributed by atoms with Crippen LogP contribution in [-0.4, -0.2) is 20.7 Å². The van der Waals surface area contributed by atoms with Crippen molar-refractivity contribution < 1.29 is 18.0 Å². The number of carbonyl (C=O) groups is 1. The molecule has 0 spiro atoms. The predicted octanol–water partition coefficient (Wildman–Crippen LogP) is 4.36. The molecule has 1 amide bonds. The molecular formula is C19H16ClF3N4O. The molecule has 0 saturated carbocycles. The van der Waals surface area contributed by atoms with E-state index in [1.54, 1.807) is 49.5 Å². The van der Waals surface area contributed by atoms with Crippen molar-refractivity contribution >= 4 is 17.5 Å². The number of hydrogen-bond acceptors (Lipinski definition) is 3. The monoisotopic (exact) mass is 408 g/mol. The lowest BCUT2D eigenvalue weighted by atomic mass is 10.1. The highest BCUT2D eigenvalue weighted by atomic mass is 35.5. The molecule has 0 fully saturated rings. The Balaban J connectivity index is 1.84. The number of benzene rings is 1. The molecule has 0 saturated heterocycles. The summed E-state index contributed by atoms with van der Waals surface area (Å²) in [5.74, 6) is -0.906. The molecular weight excluding hydrogens is 393 g/mol. The minimum absolute atomic E-state index is 0.133. The first-order valence-electron chi connectivity index (χ1n) is 8.36. The smallest absolute Gasteiger partial charge is 0.350 e. The van der Waals surface area contributed by atoms with Gasteiger partial charge in [0, 0.05) is 11.2 Å². The third-order valence-corrected chi connectivity index (χ3v) is 4.33. The normalized spacial score (nSPS) is 12.6. The number of rotatable bonds is 5. The first kappa shape index (κ1) is 19.9. The SMILES string of the molecule is CC(C(=O)NCc1cc(C(F)(F)F)nn1-c1cccc(Cl)c1)c1ccccn1. The molecule has 3 rings (SSSR count). The van der Waals surface area contributed by atoms with Crippen molar-refractivity contribution in [1.29, 1.82) is 0 Å². The zero-order chi connectivity index (χ0) is 20.3. The summed E-state index contributed by atoms with van der Waals surface area (Å²) in [6.07, 6.45) is -3.03. The number of nitrogens with zero attached hydrogens (tertiary/aromatic N) is 3. The minimum atomic E-state index is -4.61. The average Bonchev–Trinajstić information content (AvgIpc) is 3.11. The van der Waals surface area contributed by atoms with Gasteiger partial charge in [-0.1, -0.05) is 23.7 Å². The van der Waals surface area contributed by atoms with Crippen LogP contribution in [0.2, 0.25) is 5.02 Å². The first-order chi connectivity index (χ1) is 13.3. The van der Waals surface area contributed by atoms with E-state index in [1.165, 1.54) is 6.07 Å². The van der Waals surface area contributed by atoms with Crippen LogP contribution in [0.25, 0.3) is 5.69 Å². The van der Waals surface area contributed by atoms with Crippen LogP contribution in [0.15, 0.2) is 54.7 Å². The van der Waals surface area contributed by atoms with Crippen molar-refractivity contribution in [2.75, 3.05) is 0 Å². The highest BCUT2D eigenvalue weighted by molar-refractivity contribution is 6.30. The highest BCUT2D eigenvalue weighted by Gasteiger charge is 2.35. The summed E-state index contributed by atoms with van der Waals surface area (Å²) in [6, 6.07) is 12.4. The fourth-order valence-corrected chi connectivity index (χ4v) is 2.80. The van der Waals surface area contributed by atoms with Crippen molar-refractivity contribution in [1.82, 2.24) is 20.1 Å². The van der Waals surface area contributed by atoms with E-state index in [0.29, 0.717) is 16.4 Å². The van der Waals surface area contributed by atoms with E-state index < -0.39 is 17.8 Å². The molecule has 1 atom stereocenters. The van der Waals surface area contributed by atoms with Crippen LogP contribution in [0.1, 0.15) is 29.9 Å². The molecule has 3 aromatic rings. The van der Waals surface area contributed by atoms with E-state index in [4.69, 9.17) is 11.6 Å². The molecule has 1 unspecified atom stereocenters. The second kappa shape index (κ2) is 8.02. The largest absolute Gasteiger partial charge is 0.435 e. The quantitative estimate of drug-likeness (QED) is 0.682. The van der Waals surface area contributed by atoms with Crippen LogP contribution in [0, 0.1) is 0 Å². The van der Waals surface area contributed by atoms with Gasteiger partial charge < -0.3 is 5.32 Å². The zero-order valence-corrected chi connectivity index (χ0v) is 15.5. The fraction of sp³-hybridized carbons (Fsp3) is 0.211. The van der Waals surface area contributed by atoms with Crippen molar-refractivity contribution in [3.05, 3.63) is 76.8 Å². The minimum Gasteiger partial charge on any atom is -0.350 e. The molecule has 0 bridgehead atoms. The maximum Gasteiger partial charge on any atom is 0.435 e. The molecule has 5 nitrogen and oxygen atoms in total. The summed E-state index contributed by atoms with van der Waals surface area (Å²) < 4.78 is 40.5. The van der Waals surface area contributed by atoms with E-state index in [1.807, 2.05) is 0 Å². The third-order valence-electron chi connectivity index (χ3n) is 4.09. The van der Waals surface area contributed by atoms with Crippen LogP contribution in [0.3, 0.4) is 0 Å². The van der Waals surface area contributed by atoms with Gasteiger partial charge in [-0.05, 0) is 43.3 Å². The van der Waals surface area contributed by atoms with Gasteiger partial charge in [0.2, 0.25) is 5.91 Å². The standard InChI is InChI=1S/C19H16ClF3N4O/c1-12(16-7-2-3-8-24-16)18(28)25-11-15-10-17(19(21,22)23)26-27(15)14-6-4-5-13(20)9-14/h2-10,12H,11H2,1H3,(H,25,28). The number of hydrogen-bond donors (Lipinski definition) is 1. The molecule has 2 aromatic heterocycles. The molecule has 28 heavy (non-hydrogen) atoms. The van der Waals surface area contributed by atoms with E-state index in [0.717, 1.165) is 10.7 Å². The van der Waals surface area contributed by atoms with Crippen molar-refractivity contribution in [2.45, 2.75) is 25.6 Å². The second-order valence-electron chi connectivity index (χ2n) is 6.10. The first-order valence-corrected chi connectivity index (χ1v) is 8.74. The van der Waals surface area contributed by atoms with Crippen LogP contribution in [0.4, 0.5) is 13.2 Å². The molecule has 0 aliphatic rings. The van der Waals surface area contributed by atoms with Crippen molar-refractivity contribution in [3.63, 3.8) is 0 Å². The Morgan fingerprint density at radius 1 is 1.21 bits per heavy atom. The lowest BCUT2D eigenvalue weighted by molar-refractivity contribution is -0.141. The number of carbonyl (C=O) groups excluding carboxylic acids is 1. The molecule has 1 N–H and O–H groups in total. The maximum atomic E-state index is 13.1. The van der Waals surface area contributed by atoms with Gasteiger partial charge in [0.15, 0.2) is 5.69 Å². The Morgan fingerprint density at radius 2 is 2.00 bits per heavy atom. The van der Waals surface area contributed by atoms with E-state index in [9.17, 15) is 18.0 Å². The number of nitrogens with one attached hydrogen (secondary N) is 1. The number of amides is 1. The van der Waals surface area contributed by atoms with E-state index in [-0.39, 0.29) is 18.1 Å². The highest BCUT2D eigenvalue weighted by Crippen LogP contribution is 2.30. The summed E-state index contributed by atoms with van der Waals surface area (Å²) in [5, 5.41) is 6.65. The Morgan fingerprint density at radius 3 is 2.64 bits per heavy atom. The maximum absolute atomic E-state index is 13.1. The lowest BCUT2D eigenvalue weighted by Gasteiger charge is -2.13. The summed E-state index contributed by atoms with van der Waals surface area (Å²) in [7, 11) is 0. The fourth-order valence-electron chi connectivity index (χ4n) is 2.61. The summed E-state index contributed by atoms with van der Waals surface area (Å²) in [5.41, 5.74) is 0.0648. The Labute approximate surface area is 164 Å². The summed E-state index contributed by atoms with van der Waals surface area (Å²) in [4.78, 5) is 16.5. The Kier molecular flexibility index (Phi) is 5.69. The lowest BCUT2D eigenvalue weighted by Crippen LogP contribution is -2.28. The van der Waals surface area contributed by atoms with Gasteiger partial charge in [0.25, 0.3) is 0 Å². The number of aromatic nitrogens is 3. The van der Waals surface area contributed by atoms with Crippen LogP contribution >= 0.6 is 11.6 Å². The molecule has 2 heterocycles. The van der Waals surface area contributed by atoms with Gasteiger partial charge in [-0.2, -0.15) is 18.3 Å². The molecule has 1 aromatic carbocycles. The van der Waals surface area contributed by atoms with Gasteiger partial charge in [-0.3, -0.25) is 9.78 Å². The van der Waals surface area contributed by atoms with Gasteiger partial charge in [-0.15, -0.1) is 0 Å². The molecule has 0 aliphatic carbocycles. The predicted molar refractivity (Wildman–Crippen MR) is 98.1 cm³/mol. The number of halogens is 4. The topological polar surface area (TPSA) is 59.8 Å². The van der Waals surface area contributed by atoms with Gasteiger partial charge in [0.1, 0.15) is 0 Å². The Hall–Kier alpha value is -2.87. The number of pyridine rings is 1. The van der Waals surface area contributed by atoms with E-state index >= 15 is 0 Å². The van der Waals surface area contributed by atoms with Crippen LogP contribution < -0.4 is 5.32 Å². The average molecular weight is 409 g/mol. The second-order valence-corrected chi connectivity index (χ2v) is 6.54. The molecule has 0 aliphatic heterocycles. The van der Waals surface area contributed by atoms with Crippen molar-refractivity contribution in [3.8, 4) is 5.69 Å². The van der Waals surface area contributed by atoms with E-state index in [2.05, 4.69) is 15.4 Å². The summed E-state index contributed by atoms with van der Waals surface area (Å²) >= 11 is 5.94. The van der Waals surface area contributed by atoms with Crippen LogP contribution in [-0.2, 0) is 17.5 Å². The third kappa shape index (κ3) is 4.51. The van der Waals surface area contributed by atoms with Gasteiger partial charge in [0.05, 0.1) is 29.5 Å². The van der Waals surface area contributed by atoms with Crippen LogP contribution in [0.5, 0.6) is 0 Å². The summed E-state index contributed by atoms with van der Waals surface area (Å²) in [6.45, 7) is 1.54. The van der Waals surface area contributed by atoms with Gasteiger partial charge >= 0.3 is 6.18 Å². The number of alkyl halides is 3. The molecule has 0 radical (unpaired) electrons. The zero-order valence-electron chi connectivity index (χ0n) is 14.7. The Bertz CT molecular complexity index is 973. The molecule has 146 valence electrons.